The number of benzene rings is 1. The fraction of sp³-hybridized carbons (Fsp3) is 0.571. The van der Waals surface area contributed by atoms with Crippen molar-refractivity contribution in [3.05, 3.63) is 47.8 Å². The van der Waals surface area contributed by atoms with E-state index >= 15 is 0 Å². The lowest BCUT2D eigenvalue weighted by Crippen LogP contribution is -2.25. The number of hydrogen-bond acceptors (Lipinski definition) is 5. The molecule has 1 aromatic carbocycles. The van der Waals surface area contributed by atoms with Crippen LogP contribution in [0.15, 0.2) is 41.7 Å². The minimum atomic E-state index is -3.42. The molecule has 0 aliphatic carbocycles. The minimum absolute atomic E-state index is 0.121. The van der Waals surface area contributed by atoms with Gasteiger partial charge in [-0.1, -0.05) is 51.1 Å². The summed E-state index contributed by atoms with van der Waals surface area (Å²) in [6.07, 6.45) is 2.33. The Hall–Kier alpha value is -1.70. The highest BCUT2D eigenvalue weighted by atomic mass is 32.2. The highest BCUT2D eigenvalue weighted by molar-refractivity contribution is 7.91. The standard InChI is InChI=1S/C21H33N3O3S/c1-5-23(16-19-9-7-6-8-10-19)17-20-15-22-21(24(20)12-13-27-4)28(25,26)14-11-18(2)3/h6-10,15,18H,5,11-14,16-17H2,1-4H3. The van der Waals surface area contributed by atoms with Gasteiger partial charge in [0.15, 0.2) is 0 Å². The van der Waals surface area contributed by atoms with Crippen LogP contribution < -0.4 is 0 Å². The molecule has 28 heavy (non-hydrogen) atoms. The Labute approximate surface area is 169 Å². The summed E-state index contributed by atoms with van der Waals surface area (Å²) in [7, 11) is -1.80. The van der Waals surface area contributed by atoms with Gasteiger partial charge in [-0.05, 0) is 24.4 Å². The molecule has 1 heterocycles. The number of ether oxygens (including phenoxy) is 1. The third kappa shape index (κ3) is 6.43. The molecule has 156 valence electrons. The summed E-state index contributed by atoms with van der Waals surface area (Å²) in [5, 5.41) is 0.163. The second kappa shape index (κ2) is 10.7. The van der Waals surface area contributed by atoms with Crippen molar-refractivity contribution >= 4 is 9.84 Å². The van der Waals surface area contributed by atoms with Crippen molar-refractivity contribution in [1.29, 1.82) is 0 Å². The zero-order valence-electron chi connectivity index (χ0n) is 17.5. The van der Waals surface area contributed by atoms with Crippen molar-refractivity contribution < 1.29 is 13.2 Å². The van der Waals surface area contributed by atoms with Gasteiger partial charge in [0.25, 0.3) is 0 Å². The van der Waals surface area contributed by atoms with Crippen LogP contribution >= 0.6 is 0 Å². The second-order valence-corrected chi connectivity index (χ2v) is 9.47. The molecule has 0 bridgehead atoms. The Kier molecular flexibility index (Phi) is 8.66. The molecule has 0 amide bonds. The van der Waals surface area contributed by atoms with E-state index in [0.29, 0.717) is 32.0 Å². The molecule has 2 aromatic rings. The fourth-order valence-electron chi connectivity index (χ4n) is 3.02. The van der Waals surface area contributed by atoms with Crippen LogP contribution in [-0.2, 0) is 34.2 Å². The Morgan fingerprint density at radius 2 is 1.89 bits per heavy atom. The van der Waals surface area contributed by atoms with E-state index in [9.17, 15) is 8.42 Å². The zero-order valence-corrected chi connectivity index (χ0v) is 18.3. The molecule has 0 aliphatic heterocycles. The lowest BCUT2D eigenvalue weighted by Gasteiger charge is -2.21. The van der Waals surface area contributed by atoms with Gasteiger partial charge in [0.2, 0.25) is 15.0 Å². The van der Waals surface area contributed by atoms with Crippen LogP contribution in [0.5, 0.6) is 0 Å². The van der Waals surface area contributed by atoms with E-state index in [0.717, 1.165) is 18.8 Å². The van der Waals surface area contributed by atoms with Crippen LogP contribution in [0, 0.1) is 5.92 Å². The van der Waals surface area contributed by atoms with E-state index in [4.69, 9.17) is 4.74 Å². The number of methoxy groups -OCH3 is 1. The smallest absolute Gasteiger partial charge is 0.227 e. The highest BCUT2D eigenvalue weighted by Gasteiger charge is 2.24. The van der Waals surface area contributed by atoms with Crippen LogP contribution in [0.2, 0.25) is 0 Å². The van der Waals surface area contributed by atoms with Crippen LogP contribution in [0.4, 0.5) is 0 Å². The largest absolute Gasteiger partial charge is 0.383 e. The average Bonchev–Trinajstić information content (AvgIpc) is 3.08. The predicted octanol–water partition coefficient (Wildman–Crippen LogP) is 3.37. The van der Waals surface area contributed by atoms with Gasteiger partial charge in [0, 0.05) is 26.7 Å². The van der Waals surface area contributed by atoms with Crippen molar-refractivity contribution in [1.82, 2.24) is 14.5 Å². The van der Waals surface area contributed by atoms with E-state index in [-0.39, 0.29) is 10.9 Å². The first-order valence-electron chi connectivity index (χ1n) is 9.89. The van der Waals surface area contributed by atoms with E-state index < -0.39 is 9.84 Å². The van der Waals surface area contributed by atoms with E-state index in [1.165, 1.54) is 5.56 Å². The summed E-state index contributed by atoms with van der Waals surface area (Å²) in [6, 6.07) is 10.3. The van der Waals surface area contributed by atoms with Crippen molar-refractivity contribution in [2.24, 2.45) is 5.92 Å². The zero-order chi connectivity index (χ0) is 20.6. The van der Waals surface area contributed by atoms with Gasteiger partial charge in [0.1, 0.15) is 0 Å². The molecule has 0 spiro atoms. The molecule has 0 N–H and O–H groups in total. The molecule has 0 atom stereocenters. The van der Waals surface area contributed by atoms with Gasteiger partial charge >= 0.3 is 0 Å². The number of imidazole rings is 1. The Balaban J connectivity index is 2.24. The number of nitrogens with zero attached hydrogens (tertiary/aromatic N) is 3. The summed E-state index contributed by atoms with van der Waals surface area (Å²) < 4.78 is 32.7. The molecular weight excluding hydrogens is 374 g/mol. The van der Waals surface area contributed by atoms with Crippen molar-refractivity contribution in [2.75, 3.05) is 26.0 Å². The SMILES string of the molecule is CCN(Cc1ccccc1)Cc1cnc(S(=O)(=O)CCC(C)C)n1CCOC. The first-order valence-corrected chi connectivity index (χ1v) is 11.5. The number of rotatable bonds is 12. The van der Waals surface area contributed by atoms with Gasteiger partial charge in [-0.15, -0.1) is 0 Å². The first-order chi connectivity index (χ1) is 13.4. The maximum Gasteiger partial charge on any atom is 0.227 e. The first kappa shape index (κ1) is 22.6. The van der Waals surface area contributed by atoms with Gasteiger partial charge in [-0.2, -0.15) is 0 Å². The van der Waals surface area contributed by atoms with E-state index in [1.54, 1.807) is 13.3 Å². The molecule has 0 saturated carbocycles. The fourth-order valence-corrected chi connectivity index (χ4v) is 4.74. The van der Waals surface area contributed by atoms with E-state index in [1.807, 2.05) is 36.6 Å². The Morgan fingerprint density at radius 1 is 1.18 bits per heavy atom. The van der Waals surface area contributed by atoms with Gasteiger partial charge in [-0.25, -0.2) is 13.4 Å². The van der Waals surface area contributed by atoms with Crippen molar-refractivity contribution in [3.8, 4) is 0 Å². The predicted molar refractivity (Wildman–Crippen MR) is 112 cm³/mol. The van der Waals surface area contributed by atoms with Gasteiger partial charge in [-0.3, -0.25) is 4.90 Å². The summed E-state index contributed by atoms with van der Waals surface area (Å²) in [5.74, 6) is 0.452. The van der Waals surface area contributed by atoms with Crippen LogP contribution in [0.1, 0.15) is 38.4 Å². The van der Waals surface area contributed by atoms with Crippen LogP contribution in [-0.4, -0.2) is 48.9 Å². The lowest BCUT2D eigenvalue weighted by molar-refractivity contribution is 0.181. The molecule has 2 rings (SSSR count). The monoisotopic (exact) mass is 407 g/mol. The molecule has 0 unspecified atom stereocenters. The second-order valence-electron chi connectivity index (χ2n) is 7.47. The maximum absolute atomic E-state index is 12.8. The Bertz CT molecular complexity index is 817. The number of sulfone groups is 1. The topological polar surface area (TPSA) is 64.4 Å². The molecule has 0 radical (unpaired) electrons. The van der Waals surface area contributed by atoms with Crippen molar-refractivity contribution in [3.63, 3.8) is 0 Å². The van der Waals surface area contributed by atoms with Crippen molar-refractivity contribution in [2.45, 2.75) is 52.0 Å². The minimum Gasteiger partial charge on any atom is -0.383 e. The lowest BCUT2D eigenvalue weighted by atomic mass is 10.2. The summed E-state index contributed by atoms with van der Waals surface area (Å²) in [5.41, 5.74) is 2.13. The molecule has 0 fully saturated rings. The van der Waals surface area contributed by atoms with Gasteiger partial charge in [0.05, 0.1) is 24.3 Å². The normalized spacial score (nSPS) is 12.2. The molecule has 0 aliphatic rings. The summed E-state index contributed by atoms with van der Waals surface area (Å²) in [6.45, 7) is 9.40. The summed E-state index contributed by atoms with van der Waals surface area (Å²) >= 11 is 0. The molecule has 6 nitrogen and oxygen atoms in total. The van der Waals surface area contributed by atoms with Crippen LogP contribution in [0.25, 0.3) is 0 Å². The molecular formula is C21H33N3O3S. The number of hydrogen-bond donors (Lipinski definition) is 0. The maximum atomic E-state index is 12.8. The Morgan fingerprint density at radius 3 is 2.50 bits per heavy atom. The summed E-state index contributed by atoms with van der Waals surface area (Å²) in [4.78, 5) is 6.58. The third-order valence-electron chi connectivity index (χ3n) is 4.74. The van der Waals surface area contributed by atoms with E-state index in [2.05, 4.69) is 28.9 Å². The third-order valence-corrected chi connectivity index (χ3v) is 6.40. The van der Waals surface area contributed by atoms with Crippen LogP contribution in [0.3, 0.4) is 0 Å². The molecule has 7 heteroatoms. The quantitative estimate of drug-likeness (QED) is 0.540. The average molecular weight is 408 g/mol. The highest BCUT2D eigenvalue weighted by Crippen LogP contribution is 2.18. The number of aromatic nitrogens is 2. The molecule has 0 saturated heterocycles. The molecule has 1 aromatic heterocycles. The van der Waals surface area contributed by atoms with Gasteiger partial charge < -0.3 is 9.30 Å².